The van der Waals surface area contributed by atoms with Crippen molar-refractivity contribution in [2.24, 2.45) is 0 Å². The normalized spacial score (nSPS) is 11.0. The molecule has 2 heterocycles. The lowest BCUT2D eigenvalue weighted by Crippen LogP contribution is -2.23. The number of benzene rings is 2. The molecule has 0 aliphatic heterocycles. The molecule has 4 aromatic rings. The topological polar surface area (TPSA) is 47.8 Å². The molecule has 0 N–H and O–H groups in total. The SMILES string of the molecule is O=c1c2ccccc2nc(CSc2ccccn2)n1-c1ccccc1Cl. The monoisotopic (exact) mass is 379 g/mol. The molecule has 0 saturated heterocycles. The zero-order chi connectivity index (χ0) is 17.9. The Morgan fingerprint density at radius 1 is 0.962 bits per heavy atom. The Bertz CT molecular complexity index is 1130. The first-order chi connectivity index (χ1) is 12.7. The van der Waals surface area contributed by atoms with E-state index in [9.17, 15) is 4.79 Å². The third-order valence-corrected chi connectivity index (χ3v) is 5.18. The predicted octanol–water partition coefficient (Wildman–Crippen LogP) is 4.73. The summed E-state index contributed by atoms with van der Waals surface area (Å²) in [5.74, 6) is 1.14. The van der Waals surface area contributed by atoms with Gasteiger partial charge in [0, 0.05) is 6.20 Å². The Labute approximate surface area is 159 Å². The van der Waals surface area contributed by atoms with Crippen molar-refractivity contribution in [3.63, 3.8) is 0 Å². The van der Waals surface area contributed by atoms with Crippen molar-refractivity contribution in [2.45, 2.75) is 10.8 Å². The number of aromatic nitrogens is 3. The summed E-state index contributed by atoms with van der Waals surface area (Å²) in [6, 6.07) is 20.4. The number of fused-ring (bicyclic) bond motifs is 1. The van der Waals surface area contributed by atoms with Gasteiger partial charge in [0.15, 0.2) is 0 Å². The Morgan fingerprint density at radius 2 is 1.73 bits per heavy atom. The molecule has 4 nitrogen and oxygen atoms in total. The highest BCUT2D eigenvalue weighted by Crippen LogP contribution is 2.25. The van der Waals surface area contributed by atoms with E-state index in [4.69, 9.17) is 16.6 Å². The number of nitrogens with zero attached hydrogens (tertiary/aromatic N) is 3. The largest absolute Gasteiger partial charge is 0.268 e. The van der Waals surface area contributed by atoms with Crippen LogP contribution in [0.15, 0.2) is 82.7 Å². The van der Waals surface area contributed by atoms with E-state index in [0.717, 1.165) is 5.03 Å². The predicted molar refractivity (Wildman–Crippen MR) is 106 cm³/mol. The lowest BCUT2D eigenvalue weighted by atomic mass is 10.2. The van der Waals surface area contributed by atoms with Gasteiger partial charge in [-0.2, -0.15) is 0 Å². The summed E-state index contributed by atoms with van der Waals surface area (Å²) in [5.41, 5.74) is 1.19. The van der Waals surface area contributed by atoms with Gasteiger partial charge in [-0.25, -0.2) is 9.97 Å². The van der Waals surface area contributed by atoms with Crippen LogP contribution in [0.1, 0.15) is 5.82 Å². The van der Waals surface area contributed by atoms with Crippen LogP contribution in [0, 0.1) is 0 Å². The molecule has 128 valence electrons. The van der Waals surface area contributed by atoms with Crippen molar-refractivity contribution in [3.05, 3.63) is 94.1 Å². The Balaban J connectivity index is 1.88. The average molecular weight is 380 g/mol. The summed E-state index contributed by atoms with van der Waals surface area (Å²) in [7, 11) is 0. The van der Waals surface area contributed by atoms with E-state index in [-0.39, 0.29) is 5.56 Å². The number of para-hydroxylation sites is 2. The van der Waals surface area contributed by atoms with Crippen LogP contribution in [-0.4, -0.2) is 14.5 Å². The first-order valence-electron chi connectivity index (χ1n) is 8.03. The molecule has 0 amide bonds. The fourth-order valence-electron chi connectivity index (χ4n) is 2.73. The van der Waals surface area contributed by atoms with Crippen LogP contribution in [0.4, 0.5) is 0 Å². The number of pyridine rings is 1. The maximum Gasteiger partial charge on any atom is 0.266 e. The molecule has 2 aromatic heterocycles. The standard InChI is InChI=1S/C20H14ClN3OS/c21-15-8-2-4-10-17(15)24-18(13-26-19-11-5-6-12-22-19)23-16-9-3-1-7-14(16)20(24)25/h1-12H,13H2. The third-order valence-electron chi connectivity index (χ3n) is 3.93. The minimum absolute atomic E-state index is 0.125. The molecule has 26 heavy (non-hydrogen) atoms. The van der Waals surface area contributed by atoms with Crippen LogP contribution in [0.5, 0.6) is 0 Å². The molecule has 0 fully saturated rings. The fraction of sp³-hybridized carbons (Fsp3) is 0.0500. The van der Waals surface area contributed by atoms with Gasteiger partial charge in [0.25, 0.3) is 5.56 Å². The molecule has 0 saturated carbocycles. The summed E-state index contributed by atoms with van der Waals surface area (Å²) >= 11 is 7.89. The molecular formula is C20H14ClN3OS. The number of hydrogen-bond donors (Lipinski definition) is 0. The highest BCUT2D eigenvalue weighted by atomic mass is 35.5. The molecule has 6 heteroatoms. The number of rotatable bonds is 4. The van der Waals surface area contributed by atoms with Crippen LogP contribution in [0.3, 0.4) is 0 Å². The highest BCUT2D eigenvalue weighted by Gasteiger charge is 2.15. The number of hydrogen-bond acceptors (Lipinski definition) is 4. The summed E-state index contributed by atoms with van der Waals surface area (Å²) < 4.78 is 1.60. The molecule has 0 bridgehead atoms. The van der Waals surface area contributed by atoms with E-state index in [1.807, 2.05) is 54.6 Å². The molecule has 4 rings (SSSR count). The summed E-state index contributed by atoms with van der Waals surface area (Å²) in [5, 5.41) is 1.95. The van der Waals surface area contributed by atoms with Crippen LogP contribution < -0.4 is 5.56 Å². The minimum atomic E-state index is -0.125. The zero-order valence-corrected chi connectivity index (χ0v) is 15.2. The van der Waals surface area contributed by atoms with Gasteiger partial charge in [0.2, 0.25) is 0 Å². The fourth-order valence-corrected chi connectivity index (χ4v) is 3.73. The van der Waals surface area contributed by atoms with E-state index < -0.39 is 0 Å². The Morgan fingerprint density at radius 3 is 2.54 bits per heavy atom. The molecule has 0 aliphatic carbocycles. The molecule has 0 atom stereocenters. The van der Waals surface area contributed by atoms with E-state index in [0.29, 0.717) is 33.2 Å². The van der Waals surface area contributed by atoms with Gasteiger partial charge in [-0.3, -0.25) is 9.36 Å². The smallest absolute Gasteiger partial charge is 0.266 e. The van der Waals surface area contributed by atoms with Gasteiger partial charge in [-0.15, -0.1) is 0 Å². The Hall–Kier alpha value is -2.63. The number of thioether (sulfide) groups is 1. The first-order valence-corrected chi connectivity index (χ1v) is 9.40. The highest BCUT2D eigenvalue weighted by molar-refractivity contribution is 7.98. The van der Waals surface area contributed by atoms with Crippen LogP contribution >= 0.6 is 23.4 Å². The zero-order valence-electron chi connectivity index (χ0n) is 13.7. The molecular weight excluding hydrogens is 366 g/mol. The summed E-state index contributed by atoms with van der Waals surface area (Å²) in [4.78, 5) is 22.2. The molecule has 0 spiro atoms. The van der Waals surface area contributed by atoms with Gasteiger partial charge in [0.1, 0.15) is 5.82 Å². The van der Waals surface area contributed by atoms with Crippen molar-refractivity contribution in [3.8, 4) is 5.69 Å². The summed E-state index contributed by atoms with van der Waals surface area (Å²) in [6.45, 7) is 0. The second kappa shape index (κ2) is 7.32. The average Bonchev–Trinajstić information content (AvgIpc) is 2.68. The van der Waals surface area contributed by atoms with Gasteiger partial charge in [-0.1, -0.05) is 53.7 Å². The lowest BCUT2D eigenvalue weighted by molar-refractivity contribution is 0.883. The second-order valence-electron chi connectivity index (χ2n) is 5.59. The van der Waals surface area contributed by atoms with Gasteiger partial charge in [-0.05, 0) is 36.4 Å². The maximum absolute atomic E-state index is 13.2. The van der Waals surface area contributed by atoms with Crippen molar-refractivity contribution in [1.29, 1.82) is 0 Å². The lowest BCUT2D eigenvalue weighted by Gasteiger charge is -2.14. The van der Waals surface area contributed by atoms with E-state index in [2.05, 4.69) is 4.98 Å². The van der Waals surface area contributed by atoms with Gasteiger partial charge >= 0.3 is 0 Å². The first kappa shape index (κ1) is 16.8. The van der Waals surface area contributed by atoms with Crippen LogP contribution in [0.25, 0.3) is 16.6 Å². The van der Waals surface area contributed by atoms with Crippen molar-refractivity contribution < 1.29 is 0 Å². The van der Waals surface area contributed by atoms with E-state index >= 15 is 0 Å². The minimum Gasteiger partial charge on any atom is -0.268 e. The quantitative estimate of drug-likeness (QED) is 0.481. The summed E-state index contributed by atoms with van der Waals surface area (Å²) in [6.07, 6.45) is 1.75. The second-order valence-corrected chi connectivity index (χ2v) is 7.00. The Kier molecular flexibility index (Phi) is 4.73. The van der Waals surface area contributed by atoms with Gasteiger partial charge in [0.05, 0.1) is 32.4 Å². The molecule has 0 aliphatic rings. The molecule has 2 aromatic carbocycles. The van der Waals surface area contributed by atoms with Crippen LogP contribution in [-0.2, 0) is 5.75 Å². The maximum atomic E-state index is 13.2. The van der Waals surface area contributed by atoms with Crippen molar-refractivity contribution >= 4 is 34.3 Å². The number of halogens is 1. The van der Waals surface area contributed by atoms with E-state index in [1.54, 1.807) is 22.9 Å². The van der Waals surface area contributed by atoms with Crippen LogP contribution in [0.2, 0.25) is 5.02 Å². The van der Waals surface area contributed by atoms with Crippen molar-refractivity contribution in [1.82, 2.24) is 14.5 Å². The van der Waals surface area contributed by atoms with Gasteiger partial charge < -0.3 is 0 Å². The molecule has 0 unspecified atom stereocenters. The van der Waals surface area contributed by atoms with Crippen molar-refractivity contribution in [2.75, 3.05) is 0 Å². The van der Waals surface area contributed by atoms with E-state index in [1.165, 1.54) is 11.8 Å². The third kappa shape index (κ3) is 3.23. The molecule has 0 radical (unpaired) electrons.